The Morgan fingerprint density at radius 1 is 1.03 bits per heavy atom. The Labute approximate surface area is 181 Å². The Kier molecular flexibility index (Phi) is 6.24. The van der Waals surface area contributed by atoms with E-state index in [0.717, 1.165) is 24.1 Å². The molecule has 0 spiro atoms. The fraction of sp³-hybridized carbons (Fsp3) is 0.364. The van der Waals surface area contributed by atoms with Crippen LogP contribution in [-0.2, 0) is 26.2 Å². The topological polar surface area (TPSA) is 105 Å². The summed E-state index contributed by atoms with van der Waals surface area (Å²) in [5, 5.41) is 2.78. The van der Waals surface area contributed by atoms with Gasteiger partial charge < -0.3 is 15.0 Å². The zero-order valence-electron chi connectivity index (χ0n) is 17.0. The maximum absolute atomic E-state index is 12.6. The summed E-state index contributed by atoms with van der Waals surface area (Å²) in [6.45, 7) is 1.16. The molecule has 8 nitrogen and oxygen atoms in total. The minimum absolute atomic E-state index is 0.0533. The number of fused-ring (bicyclic) bond motifs is 1. The number of amides is 2. The van der Waals surface area contributed by atoms with E-state index in [9.17, 15) is 18.0 Å². The first-order chi connectivity index (χ1) is 14.9. The van der Waals surface area contributed by atoms with Gasteiger partial charge in [-0.3, -0.25) is 9.59 Å². The molecule has 164 valence electrons. The van der Waals surface area contributed by atoms with Crippen molar-refractivity contribution < 1.29 is 22.7 Å². The predicted molar refractivity (Wildman–Crippen MR) is 115 cm³/mol. The molecule has 9 heteroatoms. The number of para-hydroxylation sites is 2. The number of benzene rings is 2. The van der Waals surface area contributed by atoms with E-state index in [1.54, 1.807) is 17.0 Å². The van der Waals surface area contributed by atoms with E-state index in [1.807, 2.05) is 24.3 Å². The molecule has 1 aliphatic heterocycles. The summed E-state index contributed by atoms with van der Waals surface area (Å²) in [7, 11) is -3.48. The fourth-order valence-corrected chi connectivity index (χ4v) is 4.65. The molecule has 4 rings (SSSR count). The van der Waals surface area contributed by atoms with Crippen molar-refractivity contribution in [2.24, 2.45) is 0 Å². The van der Waals surface area contributed by atoms with Gasteiger partial charge in [-0.15, -0.1) is 0 Å². The van der Waals surface area contributed by atoms with Crippen molar-refractivity contribution in [3.8, 4) is 5.75 Å². The van der Waals surface area contributed by atoms with Gasteiger partial charge in [0.2, 0.25) is 21.8 Å². The number of hydrogen-bond acceptors (Lipinski definition) is 5. The molecule has 1 heterocycles. The highest BCUT2D eigenvalue weighted by molar-refractivity contribution is 7.89. The van der Waals surface area contributed by atoms with Gasteiger partial charge in [-0.25, -0.2) is 13.1 Å². The summed E-state index contributed by atoms with van der Waals surface area (Å²) in [5.74, 6) is 0.315. The van der Waals surface area contributed by atoms with Crippen LogP contribution < -0.4 is 19.7 Å². The highest BCUT2D eigenvalue weighted by Crippen LogP contribution is 2.31. The molecule has 2 amide bonds. The van der Waals surface area contributed by atoms with Crippen molar-refractivity contribution in [2.75, 3.05) is 18.1 Å². The predicted octanol–water partition coefficient (Wildman–Crippen LogP) is 1.95. The van der Waals surface area contributed by atoms with Gasteiger partial charge in [-0.2, -0.15) is 0 Å². The zero-order chi connectivity index (χ0) is 21.8. The maximum Gasteiger partial charge on any atom is 0.240 e. The largest absolute Gasteiger partial charge is 0.490 e. The van der Waals surface area contributed by atoms with Crippen LogP contribution in [0.15, 0.2) is 53.4 Å². The van der Waals surface area contributed by atoms with Crippen LogP contribution in [0.4, 0.5) is 5.69 Å². The first-order valence-electron chi connectivity index (χ1n) is 10.3. The summed E-state index contributed by atoms with van der Waals surface area (Å²) in [6, 6.07) is 13.8. The second-order valence-corrected chi connectivity index (χ2v) is 9.39. The molecule has 0 saturated heterocycles. The number of nitrogens with zero attached hydrogens (tertiary/aromatic N) is 1. The van der Waals surface area contributed by atoms with E-state index < -0.39 is 10.0 Å². The monoisotopic (exact) mass is 443 g/mol. The number of nitrogens with one attached hydrogen (secondary N) is 2. The van der Waals surface area contributed by atoms with Crippen molar-refractivity contribution in [2.45, 2.75) is 43.2 Å². The molecule has 2 aromatic carbocycles. The van der Waals surface area contributed by atoms with E-state index in [-0.39, 0.29) is 42.1 Å². The van der Waals surface area contributed by atoms with Crippen LogP contribution in [-0.4, -0.2) is 39.4 Å². The highest BCUT2D eigenvalue weighted by atomic mass is 32.2. The second kappa shape index (κ2) is 9.07. The molecule has 1 aliphatic carbocycles. The Bertz CT molecular complexity index is 1060. The summed E-state index contributed by atoms with van der Waals surface area (Å²) in [4.78, 5) is 26.6. The Morgan fingerprint density at radius 2 is 1.77 bits per heavy atom. The molecule has 0 unspecified atom stereocenters. The van der Waals surface area contributed by atoms with Gasteiger partial charge in [0.15, 0.2) is 0 Å². The van der Waals surface area contributed by atoms with Crippen LogP contribution in [0.25, 0.3) is 0 Å². The molecular weight excluding hydrogens is 418 g/mol. The molecule has 2 aromatic rings. The first-order valence-corrected chi connectivity index (χ1v) is 11.8. The van der Waals surface area contributed by atoms with Crippen molar-refractivity contribution in [1.29, 1.82) is 0 Å². The lowest BCUT2D eigenvalue weighted by Gasteiger charge is -2.29. The van der Waals surface area contributed by atoms with Gasteiger partial charge in [-0.05, 0) is 42.7 Å². The average Bonchev–Trinajstić information content (AvgIpc) is 3.59. The van der Waals surface area contributed by atoms with Gasteiger partial charge in [0.05, 0.1) is 17.1 Å². The summed E-state index contributed by atoms with van der Waals surface area (Å²) < 4.78 is 32.6. The quantitative estimate of drug-likeness (QED) is 0.649. The van der Waals surface area contributed by atoms with Gasteiger partial charge in [0.25, 0.3) is 0 Å². The van der Waals surface area contributed by atoms with E-state index in [4.69, 9.17) is 4.74 Å². The number of anilines is 1. The molecule has 0 atom stereocenters. The first kappa shape index (κ1) is 21.3. The molecule has 2 aliphatic rings. The third kappa shape index (κ3) is 5.42. The van der Waals surface area contributed by atoms with Crippen LogP contribution >= 0.6 is 0 Å². The smallest absolute Gasteiger partial charge is 0.240 e. The summed E-state index contributed by atoms with van der Waals surface area (Å²) >= 11 is 0. The Morgan fingerprint density at radius 3 is 2.52 bits per heavy atom. The molecule has 0 bridgehead atoms. The number of sulfonamides is 1. The Hall–Kier alpha value is -2.91. The number of carbonyl (C=O) groups excluding carboxylic acids is 2. The number of rotatable bonds is 8. The Balaban J connectivity index is 1.25. The van der Waals surface area contributed by atoms with Gasteiger partial charge in [0.1, 0.15) is 12.4 Å². The minimum atomic E-state index is -3.48. The summed E-state index contributed by atoms with van der Waals surface area (Å²) in [5.41, 5.74) is 1.51. The molecular formula is C22H25N3O5S. The van der Waals surface area contributed by atoms with Crippen LogP contribution in [0, 0.1) is 0 Å². The van der Waals surface area contributed by atoms with Crippen LogP contribution in [0.1, 0.15) is 31.2 Å². The van der Waals surface area contributed by atoms with E-state index >= 15 is 0 Å². The maximum atomic E-state index is 12.6. The van der Waals surface area contributed by atoms with Crippen molar-refractivity contribution in [3.05, 3.63) is 54.1 Å². The van der Waals surface area contributed by atoms with E-state index in [1.165, 1.54) is 12.1 Å². The van der Waals surface area contributed by atoms with E-state index in [2.05, 4.69) is 10.0 Å². The van der Waals surface area contributed by atoms with Crippen LogP contribution in [0.2, 0.25) is 0 Å². The van der Waals surface area contributed by atoms with Crippen molar-refractivity contribution in [1.82, 2.24) is 10.0 Å². The van der Waals surface area contributed by atoms with Gasteiger partial charge in [-0.1, -0.05) is 24.3 Å². The molecule has 0 radical (unpaired) electrons. The van der Waals surface area contributed by atoms with Crippen molar-refractivity contribution in [3.63, 3.8) is 0 Å². The van der Waals surface area contributed by atoms with Crippen molar-refractivity contribution >= 4 is 27.5 Å². The average molecular weight is 444 g/mol. The normalized spacial score (nSPS) is 15.7. The van der Waals surface area contributed by atoms with Crippen LogP contribution in [0.5, 0.6) is 5.75 Å². The number of hydrogen-bond donors (Lipinski definition) is 2. The molecule has 1 fully saturated rings. The second-order valence-electron chi connectivity index (χ2n) is 7.68. The van der Waals surface area contributed by atoms with E-state index in [0.29, 0.717) is 18.9 Å². The molecule has 1 saturated carbocycles. The highest BCUT2D eigenvalue weighted by Gasteiger charge is 2.28. The molecule has 2 N–H and O–H groups in total. The summed E-state index contributed by atoms with van der Waals surface area (Å²) in [6.07, 6.45) is 1.94. The lowest BCUT2D eigenvalue weighted by Crippen LogP contribution is -2.38. The minimum Gasteiger partial charge on any atom is -0.490 e. The van der Waals surface area contributed by atoms with Crippen LogP contribution in [0.3, 0.4) is 0 Å². The molecule has 31 heavy (non-hydrogen) atoms. The third-order valence-corrected chi connectivity index (χ3v) is 6.75. The zero-order valence-corrected chi connectivity index (χ0v) is 17.9. The number of ether oxygens (including phenoxy) is 1. The molecule has 0 aromatic heterocycles. The third-order valence-electron chi connectivity index (χ3n) is 5.22. The standard InChI is InChI=1S/C22H25N3O5S/c26-21(11-12-22(27)25-13-14-30-20-4-2-1-3-19(20)25)23-15-16-5-9-18(10-6-16)31(28,29)24-17-7-8-17/h1-6,9-10,17,24H,7-8,11-15H2,(H,23,26). The SMILES string of the molecule is O=C(CCC(=O)N1CCOc2ccccc21)NCc1ccc(S(=O)(=O)NC2CC2)cc1. The fourth-order valence-electron chi connectivity index (χ4n) is 3.35. The number of carbonyl (C=O) groups is 2. The lowest BCUT2D eigenvalue weighted by atomic mass is 10.2. The lowest BCUT2D eigenvalue weighted by molar-refractivity contribution is -0.125. The van der Waals surface area contributed by atoms with Gasteiger partial charge in [0, 0.05) is 25.4 Å². The van der Waals surface area contributed by atoms with Gasteiger partial charge >= 0.3 is 0 Å².